The van der Waals surface area contributed by atoms with Crippen molar-refractivity contribution in [2.75, 3.05) is 26.5 Å². The van der Waals surface area contributed by atoms with Gasteiger partial charge in [-0.25, -0.2) is 4.79 Å². The summed E-state index contributed by atoms with van der Waals surface area (Å²) in [6.07, 6.45) is 2.32. The Hall–Kier alpha value is -1.80. The summed E-state index contributed by atoms with van der Waals surface area (Å²) in [5, 5.41) is 8.86. The van der Waals surface area contributed by atoms with Gasteiger partial charge in [-0.15, -0.1) is 0 Å². The summed E-state index contributed by atoms with van der Waals surface area (Å²) in [7, 11) is -1.79. The highest BCUT2D eigenvalue weighted by molar-refractivity contribution is 7.85. The van der Waals surface area contributed by atoms with Crippen LogP contribution < -0.4 is 4.74 Å². The van der Waals surface area contributed by atoms with Crippen LogP contribution in [-0.4, -0.2) is 57.1 Å². The molecule has 8 heteroatoms. The lowest BCUT2D eigenvalue weighted by Gasteiger charge is -2.32. The first-order valence-corrected chi connectivity index (χ1v) is 11.3. The monoisotopic (exact) mass is 417 g/mol. The van der Waals surface area contributed by atoms with Gasteiger partial charge in [0.1, 0.15) is 5.75 Å². The summed E-state index contributed by atoms with van der Waals surface area (Å²) in [6, 6.07) is 3.77. The molecule has 0 saturated carbocycles. The van der Waals surface area contributed by atoms with Gasteiger partial charge in [-0.2, -0.15) is 8.42 Å². The number of rotatable bonds is 4. The van der Waals surface area contributed by atoms with Crippen molar-refractivity contribution in [1.29, 1.82) is 0 Å². The Morgan fingerprint density at radius 3 is 2.14 bits per heavy atom. The van der Waals surface area contributed by atoms with Crippen LogP contribution in [0.5, 0.6) is 5.75 Å². The van der Waals surface area contributed by atoms with Gasteiger partial charge in [-0.3, -0.25) is 4.18 Å². The first-order valence-electron chi connectivity index (χ1n) is 9.51. The van der Waals surface area contributed by atoms with E-state index in [1.807, 2.05) is 13.8 Å². The third-order valence-electron chi connectivity index (χ3n) is 4.48. The second-order valence-electron chi connectivity index (χ2n) is 6.50. The minimum absolute atomic E-state index is 0.0782. The normalized spacial score (nSPS) is 16.2. The fourth-order valence-corrected chi connectivity index (χ4v) is 3.15. The third kappa shape index (κ3) is 9.41. The van der Waals surface area contributed by atoms with Crippen LogP contribution in [0.3, 0.4) is 0 Å². The highest BCUT2D eigenvalue weighted by Crippen LogP contribution is 2.20. The van der Waals surface area contributed by atoms with Gasteiger partial charge >= 0.3 is 6.09 Å². The van der Waals surface area contributed by atoms with Crippen molar-refractivity contribution < 1.29 is 27.2 Å². The predicted molar refractivity (Wildman–Crippen MR) is 112 cm³/mol. The molecular formula is C20H35NO6S. The molecule has 7 nitrogen and oxygen atoms in total. The summed E-state index contributed by atoms with van der Waals surface area (Å²) < 4.78 is 31.3. The van der Waals surface area contributed by atoms with Crippen molar-refractivity contribution in [3.05, 3.63) is 28.8 Å². The van der Waals surface area contributed by atoms with Gasteiger partial charge in [0.05, 0.1) is 26.0 Å². The number of nitrogens with zero attached hydrogens (tertiary/aromatic N) is 1. The Kier molecular flexibility index (Phi) is 11.8. The fourth-order valence-electron chi connectivity index (χ4n) is 2.74. The molecular weight excluding hydrogens is 382 g/mol. The van der Waals surface area contributed by atoms with Gasteiger partial charge in [-0.1, -0.05) is 13.8 Å². The van der Waals surface area contributed by atoms with Gasteiger partial charge in [-0.05, 0) is 68.9 Å². The zero-order valence-electron chi connectivity index (χ0n) is 18.1. The zero-order valence-corrected chi connectivity index (χ0v) is 18.9. The molecule has 1 amide bonds. The number of hydrogen-bond donors (Lipinski definition) is 1. The lowest BCUT2D eigenvalue weighted by Crippen LogP contribution is -2.45. The molecule has 1 aromatic carbocycles. The van der Waals surface area contributed by atoms with E-state index in [0.717, 1.165) is 24.8 Å². The summed E-state index contributed by atoms with van der Waals surface area (Å²) in [5.41, 5.74) is 3.94. The highest BCUT2D eigenvalue weighted by atomic mass is 32.2. The number of piperidine rings is 1. The second kappa shape index (κ2) is 12.6. The summed E-state index contributed by atoms with van der Waals surface area (Å²) in [4.78, 5) is 12.1. The summed E-state index contributed by atoms with van der Waals surface area (Å²) >= 11 is 0. The van der Waals surface area contributed by atoms with E-state index < -0.39 is 16.2 Å². The van der Waals surface area contributed by atoms with Crippen molar-refractivity contribution in [3.63, 3.8) is 0 Å². The SMILES string of the molecule is CC.COc1cc(C)c(C)c(C)c1.CS(=O)(=O)OCC1CCCCN1C(=O)O. The minimum atomic E-state index is -3.49. The molecule has 1 aromatic rings. The topological polar surface area (TPSA) is 93.1 Å². The molecule has 0 radical (unpaired) electrons. The Morgan fingerprint density at radius 2 is 1.71 bits per heavy atom. The van der Waals surface area contributed by atoms with Gasteiger partial charge in [0.2, 0.25) is 0 Å². The van der Waals surface area contributed by atoms with Crippen LogP contribution >= 0.6 is 0 Å². The molecule has 1 aliphatic heterocycles. The smallest absolute Gasteiger partial charge is 0.407 e. The molecule has 28 heavy (non-hydrogen) atoms. The van der Waals surface area contributed by atoms with Gasteiger partial charge < -0.3 is 14.7 Å². The number of ether oxygens (including phenoxy) is 1. The first kappa shape index (κ1) is 26.2. The number of methoxy groups -OCH3 is 1. The average Bonchev–Trinajstić information content (AvgIpc) is 2.65. The van der Waals surface area contributed by atoms with Crippen LogP contribution in [0.4, 0.5) is 4.79 Å². The van der Waals surface area contributed by atoms with Crippen LogP contribution in [-0.2, 0) is 14.3 Å². The van der Waals surface area contributed by atoms with Crippen LogP contribution in [0.15, 0.2) is 12.1 Å². The molecule has 1 unspecified atom stereocenters. The van der Waals surface area contributed by atoms with E-state index in [1.54, 1.807) is 7.11 Å². The van der Waals surface area contributed by atoms with Gasteiger partial charge in [0, 0.05) is 6.54 Å². The Balaban J connectivity index is 0.000000497. The van der Waals surface area contributed by atoms with E-state index in [1.165, 1.54) is 21.6 Å². The zero-order chi connectivity index (χ0) is 21.9. The maximum atomic E-state index is 10.8. The molecule has 1 fully saturated rings. The molecule has 0 bridgehead atoms. The molecule has 1 aliphatic rings. The number of amides is 1. The van der Waals surface area contributed by atoms with Crippen molar-refractivity contribution in [2.45, 2.75) is 59.9 Å². The van der Waals surface area contributed by atoms with E-state index in [4.69, 9.17) is 9.84 Å². The average molecular weight is 418 g/mol. The number of aryl methyl sites for hydroxylation is 2. The third-order valence-corrected chi connectivity index (χ3v) is 5.05. The summed E-state index contributed by atoms with van der Waals surface area (Å²) in [6.45, 7) is 10.7. The number of likely N-dealkylation sites (tertiary alicyclic amines) is 1. The highest BCUT2D eigenvalue weighted by Gasteiger charge is 2.27. The Bertz CT molecular complexity index is 694. The fraction of sp³-hybridized carbons (Fsp3) is 0.650. The number of hydrogen-bond acceptors (Lipinski definition) is 5. The van der Waals surface area contributed by atoms with Crippen molar-refractivity contribution in [3.8, 4) is 5.75 Å². The van der Waals surface area contributed by atoms with Crippen molar-refractivity contribution in [1.82, 2.24) is 4.90 Å². The van der Waals surface area contributed by atoms with E-state index >= 15 is 0 Å². The second-order valence-corrected chi connectivity index (χ2v) is 8.14. The van der Waals surface area contributed by atoms with Crippen LogP contribution in [0, 0.1) is 20.8 Å². The van der Waals surface area contributed by atoms with Crippen LogP contribution in [0.1, 0.15) is 49.8 Å². The molecule has 162 valence electrons. The molecule has 1 saturated heterocycles. The van der Waals surface area contributed by atoms with Crippen molar-refractivity contribution >= 4 is 16.2 Å². The number of carbonyl (C=O) groups is 1. The van der Waals surface area contributed by atoms with Crippen LogP contribution in [0.25, 0.3) is 0 Å². The standard InChI is InChI=1S/C10H14O.C8H15NO5S.C2H6/c1-7-5-10(11-4)6-8(2)9(7)3;1-15(12,13)14-6-7-4-2-3-5-9(7)8(10)11;1-2/h5-6H,1-4H3;7H,2-6H2,1H3,(H,10,11);1-2H3. The lowest BCUT2D eigenvalue weighted by atomic mass is 10.0. The van der Waals surface area contributed by atoms with Gasteiger partial charge in [0.15, 0.2) is 0 Å². The van der Waals surface area contributed by atoms with Gasteiger partial charge in [0.25, 0.3) is 10.1 Å². The lowest BCUT2D eigenvalue weighted by molar-refractivity contribution is 0.0852. The molecule has 0 spiro atoms. The molecule has 0 aliphatic carbocycles. The maximum Gasteiger partial charge on any atom is 0.407 e. The maximum absolute atomic E-state index is 10.8. The minimum Gasteiger partial charge on any atom is -0.497 e. The summed E-state index contributed by atoms with van der Waals surface area (Å²) in [5.74, 6) is 0.950. The van der Waals surface area contributed by atoms with E-state index in [2.05, 4.69) is 37.1 Å². The molecule has 0 aromatic heterocycles. The van der Waals surface area contributed by atoms with E-state index in [0.29, 0.717) is 13.0 Å². The molecule has 1 heterocycles. The Morgan fingerprint density at radius 1 is 1.18 bits per heavy atom. The van der Waals surface area contributed by atoms with Crippen molar-refractivity contribution in [2.24, 2.45) is 0 Å². The number of benzene rings is 1. The Labute approximate surface area is 169 Å². The number of carboxylic acid groups (broad SMARTS) is 1. The molecule has 1 atom stereocenters. The van der Waals surface area contributed by atoms with E-state index in [-0.39, 0.29) is 12.6 Å². The van der Waals surface area contributed by atoms with E-state index in [9.17, 15) is 13.2 Å². The quantitative estimate of drug-likeness (QED) is 0.740. The molecule has 1 N–H and O–H groups in total. The first-order chi connectivity index (χ1) is 13.0. The predicted octanol–water partition coefficient (Wildman–Crippen LogP) is 4.14. The molecule has 2 rings (SSSR count). The van der Waals surface area contributed by atoms with Crippen LogP contribution in [0.2, 0.25) is 0 Å². The largest absolute Gasteiger partial charge is 0.497 e.